The molecule has 0 saturated heterocycles. The minimum absolute atomic E-state index is 0.0912. The van der Waals surface area contributed by atoms with Gasteiger partial charge in [-0.1, -0.05) is 40.4 Å². The maximum Gasteiger partial charge on any atom is 0.265 e. The molecule has 1 aromatic rings. The van der Waals surface area contributed by atoms with E-state index in [1.807, 2.05) is 0 Å². The number of hydrogen-bond acceptors (Lipinski definition) is 3. The van der Waals surface area contributed by atoms with Crippen molar-refractivity contribution in [2.75, 3.05) is 6.61 Å². The van der Waals surface area contributed by atoms with Crippen LogP contribution in [-0.2, 0) is 9.05 Å². The largest absolute Gasteiger partial charge is 0.490 e. The van der Waals surface area contributed by atoms with Gasteiger partial charge in [-0.3, -0.25) is 0 Å². The Labute approximate surface area is 130 Å². The lowest BCUT2D eigenvalue weighted by atomic mass is 10.1. The Morgan fingerprint density at radius 2 is 1.95 bits per heavy atom. The number of hydrogen-bond donors (Lipinski definition) is 0. The van der Waals surface area contributed by atoms with Crippen LogP contribution in [0.4, 0.5) is 0 Å². The highest BCUT2D eigenvalue weighted by Crippen LogP contribution is 2.38. The fraction of sp³-hybridized carbons (Fsp3) is 0.500. The van der Waals surface area contributed by atoms with E-state index in [9.17, 15) is 8.42 Å². The molecule has 0 heterocycles. The van der Waals surface area contributed by atoms with Crippen molar-refractivity contribution in [1.29, 1.82) is 0 Å². The SMILES string of the molecule is O=S(=O)(Cl)c1cc(Br)cc(Cl)c1OCC1CCCC1. The first-order chi connectivity index (χ1) is 8.88. The summed E-state index contributed by atoms with van der Waals surface area (Å²) in [6, 6.07) is 3.00. The van der Waals surface area contributed by atoms with Gasteiger partial charge in [0.25, 0.3) is 9.05 Å². The van der Waals surface area contributed by atoms with Gasteiger partial charge in [-0.25, -0.2) is 8.42 Å². The normalized spacial score (nSPS) is 16.8. The van der Waals surface area contributed by atoms with Gasteiger partial charge >= 0.3 is 0 Å². The summed E-state index contributed by atoms with van der Waals surface area (Å²) in [6.45, 7) is 0.473. The molecule has 1 saturated carbocycles. The van der Waals surface area contributed by atoms with Crippen molar-refractivity contribution < 1.29 is 13.2 Å². The van der Waals surface area contributed by atoms with Crippen LogP contribution in [0.1, 0.15) is 25.7 Å². The van der Waals surface area contributed by atoms with Crippen molar-refractivity contribution in [2.45, 2.75) is 30.6 Å². The molecule has 0 radical (unpaired) electrons. The molecular formula is C12H13BrCl2O3S. The van der Waals surface area contributed by atoms with Crippen LogP contribution in [0.5, 0.6) is 5.75 Å². The van der Waals surface area contributed by atoms with E-state index in [1.54, 1.807) is 6.07 Å². The van der Waals surface area contributed by atoms with Gasteiger partial charge in [-0.2, -0.15) is 0 Å². The molecule has 0 atom stereocenters. The summed E-state index contributed by atoms with van der Waals surface area (Å²) >= 11 is 9.24. The van der Waals surface area contributed by atoms with Crippen molar-refractivity contribution >= 4 is 47.3 Å². The van der Waals surface area contributed by atoms with Crippen LogP contribution in [0.3, 0.4) is 0 Å². The van der Waals surface area contributed by atoms with Crippen molar-refractivity contribution in [3.05, 3.63) is 21.6 Å². The lowest BCUT2D eigenvalue weighted by Crippen LogP contribution is -2.10. The van der Waals surface area contributed by atoms with Crippen LogP contribution >= 0.6 is 38.2 Å². The third kappa shape index (κ3) is 4.00. The van der Waals surface area contributed by atoms with Crippen molar-refractivity contribution in [3.63, 3.8) is 0 Å². The van der Waals surface area contributed by atoms with E-state index in [2.05, 4.69) is 15.9 Å². The molecule has 1 aromatic carbocycles. The van der Waals surface area contributed by atoms with Crippen LogP contribution < -0.4 is 4.74 Å². The Balaban J connectivity index is 2.27. The summed E-state index contributed by atoms with van der Waals surface area (Å²) in [4.78, 5) is -0.0912. The Hall–Kier alpha value is 0.0300. The summed E-state index contributed by atoms with van der Waals surface area (Å²) in [5.74, 6) is 0.609. The number of benzene rings is 1. The standard InChI is InChI=1S/C12H13BrCl2O3S/c13-9-5-10(14)12(11(6-9)19(15,16)17)18-7-8-3-1-2-4-8/h5-6,8H,1-4,7H2. The zero-order valence-electron chi connectivity index (χ0n) is 10.0. The van der Waals surface area contributed by atoms with Gasteiger partial charge in [-0.15, -0.1) is 0 Å². The topological polar surface area (TPSA) is 43.4 Å². The summed E-state index contributed by atoms with van der Waals surface area (Å²) in [5, 5.41) is 0.242. The molecule has 1 fully saturated rings. The highest BCUT2D eigenvalue weighted by Gasteiger charge is 2.23. The molecular weight excluding hydrogens is 375 g/mol. The van der Waals surface area contributed by atoms with Crippen molar-refractivity contribution in [2.24, 2.45) is 5.92 Å². The second-order valence-corrected chi connectivity index (χ2v) is 8.47. The monoisotopic (exact) mass is 386 g/mol. The smallest absolute Gasteiger partial charge is 0.265 e. The number of halogens is 3. The molecule has 0 N–H and O–H groups in total. The lowest BCUT2D eigenvalue weighted by molar-refractivity contribution is 0.246. The first-order valence-corrected chi connectivity index (χ1v) is 9.42. The van der Waals surface area contributed by atoms with E-state index in [1.165, 1.54) is 18.9 Å². The summed E-state index contributed by atoms with van der Waals surface area (Å²) in [5.41, 5.74) is 0. The number of rotatable bonds is 4. The fourth-order valence-electron chi connectivity index (χ4n) is 2.24. The van der Waals surface area contributed by atoms with Crippen LogP contribution in [0.25, 0.3) is 0 Å². The fourth-order valence-corrected chi connectivity index (χ4v) is 4.31. The number of ether oxygens (including phenoxy) is 1. The molecule has 1 aliphatic carbocycles. The Bertz CT molecular complexity index is 569. The van der Waals surface area contributed by atoms with Crippen LogP contribution in [0.15, 0.2) is 21.5 Å². The first kappa shape index (κ1) is 15.4. The summed E-state index contributed by atoms with van der Waals surface area (Å²) < 4.78 is 29.3. The molecule has 0 aromatic heterocycles. The maximum atomic E-state index is 11.6. The van der Waals surface area contributed by atoms with E-state index in [4.69, 9.17) is 27.0 Å². The molecule has 0 aliphatic heterocycles. The van der Waals surface area contributed by atoms with E-state index >= 15 is 0 Å². The van der Waals surface area contributed by atoms with Crippen molar-refractivity contribution in [3.8, 4) is 5.75 Å². The first-order valence-electron chi connectivity index (χ1n) is 5.94. The zero-order valence-corrected chi connectivity index (χ0v) is 13.9. The molecule has 7 heteroatoms. The van der Waals surface area contributed by atoms with Gasteiger partial charge in [0.2, 0.25) is 0 Å². The highest BCUT2D eigenvalue weighted by atomic mass is 79.9. The minimum Gasteiger partial charge on any atom is -0.490 e. The maximum absolute atomic E-state index is 11.6. The molecule has 2 rings (SSSR count). The van der Waals surface area contributed by atoms with Gasteiger partial charge in [0.05, 0.1) is 11.6 Å². The molecule has 1 aliphatic rings. The van der Waals surface area contributed by atoms with Gasteiger partial charge < -0.3 is 4.74 Å². The zero-order chi connectivity index (χ0) is 14.0. The molecule has 19 heavy (non-hydrogen) atoms. The quantitative estimate of drug-likeness (QED) is 0.709. The molecule has 0 unspecified atom stereocenters. The van der Waals surface area contributed by atoms with E-state index in [-0.39, 0.29) is 15.7 Å². The van der Waals surface area contributed by atoms with E-state index in [0.29, 0.717) is 17.0 Å². The average molecular weight is 388 g/mol. The van der Waals surface area contributed by atoms with E-state index < -0.39 is 9.05 Å². The lowest BCUT2D eigenvalue weighted by Gasteiger charge is -2.15. The Morgan fingerprint density at radius 1 is 1.32 bits per heavy atom. The highest BCUT2D eigenvalue weighted by molar-refractivity contribution is 9.10. The van der Waals surface area contributed by atoms with Gasteiger partial charge in [0, 0.05) is 15.2 Å². The second kappa shape index (κ2) is 6.20. The second-order valence-electron chi connectivity index (χ2n) is 4.61. The third-order valence-corrected chi connectivity index (χ3v) is 5.24. The third-order valence-electron chi connectivity index (χ3n) is 3.18. The average Bonchev–Trinajstić information content (AvgIpc) is 2.78. The van der Waals surface area contributed by atoms with Crippen LogP contribution in [0.2, 0.25) is 5.02 Å². The van der Waals surface area contributed by atoms with Gasteiger partial charge in [0.1, 0.15) is 4.90 Å². The minimum atomic E-state index is -3.89. The summed E-state index contributed by atoms with van der Waals surface area (Å²) in [7, 11) is 1.52. The Kier molecular flexibility index (Phi) is 5.04. The predicted molar refractivity (Wildman–Crippen MR) is 79.6 cm³/mol. The van der Waals surface area contributed by atoms with E-state index in [0.717, 1.165) is 12.8 Å². The predicted octanol–water partition coefficient (Wildman–Crippen LogP) is 4.60. The van der Waals surface area contributed by atoms with Gasteiger partial charge in [0.15, 0.2) is 5.75 Å². The molecule has 0 amide bonds. The van der Waals surface area contributed by atoms with Crippen molar-refractivity contribution in [1.82, 2.24) is 0 Å². The molecule has 106 valence electrons. The summed E-state index contributed by atoms with van der Waals surface area (Å²) in [6.07, 6.45) is 4.61. The Morgan fingerprint density at radius 3 is 2.53 bits per heavy atom. The molecule has 3 nitrogen and oxygen atoms in total. The van der Waals surface area contributed by atoms with Crippen LogP contribution in [0, 0.1) is 5.92 Å². The van der Waals surface area contributed by atoms with Gasteiger partial charge in [-0.05, 0) is 30.9 Å². The molecule has 0 bridgehead atoms. The molecule has 0 spiro atoms. The van der Waals surface area contributed by atoms with Crippen LogP contribution in [-0.4, -0.2) is 15.0 Å².